The molecule has 54 heavy (non-hydrogen) atoms. The van der Waals surface area contributed by atoms with Crippen LogP contribution in [-0.2, 0) is 33.6 Å². The highest BCUT2D eigenvalue weighted by molar-refractivity contribution is 6.08. The number of aliphatic carboxylic acids is 2. The van der Waals surface area contributed by atoms with Gasteiger partial charge in [-0.15, -0.1) is 0 Å². The lowest BCUT2D eigenvalue weighted by atomic mass is 9.61. The van der Waals surface area contributed by atoms with Crippen LogP contribution in [0, 0.1) is 11.3 Å². The topological polar surface area (TPSA) is 242 Å². The molecule has 15 heteroatoms. The molecule has 0 aromatic heterocycles. The van der Waals surface area contributed by atoms with Gasteiger partial charge in [0.05, 0.1) is 5.41 Å². The van der Waals surface area contributed by atoms with E-state index in [-0.39, 0.29) is 61.9 Å². The Kier molecular flexibility index (Phi) is 16.5. The number of nitrogens with zero attached hydrogens (tertiary/aromatic N) is 1. The molecule has 1 aliphatic heterocycles. The van der Waals surface area contributed by atoms with E-state index in [0.29, 0.717) is 49.1 Å². The minimum Gasteiger partial charge on any atom is -0.478 e. The number of urea groups is 1. The molecule has 290 valence electrons. The average molecular weight is 748 g/mol. The van der Waals surface area contributed by atoms with Crippen molar-refractivity contribution in [3.63, 3.8) is 0 Å². The Morgan fingerprint density at radius 1 is 0.870 bits per heavy atom. The van der Waals surface area contributed by atoms with Crippen LogP contribution < -0.4 is 21.7 Å². The number of carbonyl (C=O) groups excluding carboxylic acids is 6. The second-order valence-electron chi connectivity index (χ2n) is 13.4. The molecule has 15 nitrogen and oxygen atoms in total. The third-order valence-electron chi connectivity index (χ3n) is 9.50. The summed E-state index contributed by atoms with van der Waals surface area (Å²) >= 11 is 0. The summed E-state index contributed by atoms with van der Waals surface area (Å²) in [7, 11) is 0. The van der Waals surface area contributed by atoms with Crippen molar-refractivity contribution in [3.05, 3.63) is 65.9 Å². The number of carboxylic acids is 2. The molecule has 2 aliphatic rings. The minimum atomic E-state index is -1.21. The van der Waals surface area contributed by atoms with Gasteiger partial charge >= 0.3 is 18.0 Å². The SMILES string of the molecule is C=C1C=CC(=O)N1CCCCCCC(=O)C1(C(=O)C[C@H](CCCNC(N)=O)C(=O)NCCC(=O)Nc2cc(/C=C/C(=O)O)ccc2/C=C/C(=O)O)CCC1. The first-order chi connectivity index (χ1) is 25.7. The zero-order valence-electron chi connectivity index (χ0n) is 30.3. The number of hydrogen-bond donors (Lipinski definition) is 6. The number of hydrogen-bond acceptors (Lipinski definition) is 8. The van der Waals surface area contributed by atoms with Crippen molar-refractivity contribution >= 4 is 65.1 Å². The second-order valence-corrected chi connectivity index (χ2v) is 13.4. The van der Waals surface area contributed by atoms with Crippen LogP contribution in [0.15, 0.2) is 54.8 Å². The van der Waals surface area contributed by atoms with Gasteiger partial charge < -0.3 is 36.8 Å². The van der Waals surface area contributed by atoms with Crippen LogP contribution in [0.2, 0.25) is 0 Å². The van der Waals surface area contributed by atoms with E-state index in [0.717, 1.165) is 37.8 Å². The van der Waals surface area contributed by atoms with Crippen LogP contribution in [0.3, 0.4) is 0 Å². The third-order valence-corrected chi connectivity index (χ3v) is 9.50. The smallest absolute Gasteiger partial charge is 0.328 e. The van der Waals surface area contributed by atoms with Gasteiger partial charge in [0.1, 0.15) is 11.6 Å². The number of anilines is 1. The van der Waals surface area contributed by atoms with Crippen LogP contribution in [-0.4, -0.2) is 82.0 Å². The van der Waals surface area contributed by atoms with Gasteiger partial charge in [-0.1, -0.05) is 38.0 Å². The Labute approximate surface area is 313 Å². The molecule has 0 radical (unpaired) electrons. The van der Waals surface area contributed by atoms with Crippen molar-refractivity contribution in [2.24, 2.45) is 17.1 Å². The summed E-state index contributed by atoms with van der Waals surface area (Å²) in [4.78, 5) is 100. The van der Waals surface area contributed by atoms with E-state index in [1.165, 1.54) is 30.4 Å². The number of carbonyl (C=O) groups is 8. The molecule has 1 aromatic carbocycles. The Hall–Kier alpha value is -5.86. The summed E-state index contributed by atoms with van der Waals surface area (Å²) in [6.07, 6.45) is 12.5. The highest BCUT2D eigenvalue weighted by Crippen LogP contribution is 2.45. The van der Waals surface area contributed by atoms with Crippen LogP contribution in [0.25, 0.3) is 12.2 Å². The number of rotatable bonds is 24. The van der Waals surface area contributed by atoms with Crippen LogP contribution in [0.5, 0.6) is 0 Å². The maximum absolute atomic E-state index is 13.7. The van der Waals surface area contributed by atoms with Crippen molar-refractivity contribution in [1.29, 1.82) is 0 Å². The van der Waals surface area contributed by atoms with E-state index < -0.39 is 41.1 Å². The molecule has 1 aliphatic carbocycles. The Morgan fingerprint density at radius 2 is 1.57 bits per heavy atom. The molecular formula is C39H49N5O10. The summed E-state index contributed by atoms with van der Waals surface area (Å²) in [5.74, 6) is -4.73. The van der Waals surface area contributed by atoms with Crippen molar-refractivity contribution in [1.82, 2.24) is 15.5 Å². The molecule has 7 N–H and O–H groups in total. The lowest BCUT2D eigenvalue weighted by Crippen LogP contribution is -2.47. The maximum atomic E-state index is 13.7. The van der Waals surface area contributed by atoms with E-state index in [2.05, 4.69) is 22.5 Å². The van der Waals surface area contributed by atoms with Gasteiger partial charge in [-0.25, -0.2) is 14.4 Å². The number of ketones is 2. The Bertz CT molecular complexity index is 1690. The van der Waals surface area contributed by atoms with Crippen molar-refractivity contribution in [2.75, 3.05) is 25.0 Å². The monoisotopic (exact) mass is 747 g/mol. The van der Waals surface area contributed by atoms with Gasteiger partial charge in [-0.2, -0.15) is 0 Å². The van der Waals surface area contributed by atoms with E-state index in [1.807, 2.05) is 0 Å². The predicted molar refractivity (Wildman–Crippen MR) is 200 cm³/mol. The molecule has 0 bridgehead atoms. The summed E-state index contributed by atoms with van der Waals surface area (Å²) in [5, 5.41) is 25.8. The third kappa shape index (κ3) is 13.3. The fourth-order valence-electron chi connectivity index (χ4n) is 6.36. The number of Topliss-reactive ketones (excluding diaryl/α,β-unsaturated/α-hetero) is 2. The number of benzene rings is 1. The van der Waals surface area contributed by atoms with Crippen molar-refractivity contribution in [3.8, 4) is 0 Å². The highest BCUT2D eigenvalue weighted by atomic mass is 16.4. The molecule has 5 amide bonds. The normalized spacial score (nSPS) is 15.2. The summed E-state index contributed by atoms with van der Waals surface area (Å²) in [6.45, 7) is 4.48. The molecule has 1 fully saturated rings. The molecule has 0 unspecified atom stereocenters. The number of nitrogens with one attached hydrogen (secondary N) is 3. The first-order valence-electron chi connectivity index (χ1n) is 18.0. The molecular weight excluding hydrogens is 698 g/mol. The van der Waals surface area contributed by atoms with Crippen LogP contribution >= 0.6 is 0 Å². The van der Waals surface area contributed by atoms with Crippen molar-refractivity contribution in [2.45, 2.75) is 77.0 Å². The van der Waals surface area contributed by atoms with Gasteiger partial charge in [0.15, 0.2) is 0 Å². The molecule has 3 rings (SSSR count). The maximum Gasteiger partial charge on any atom is 0.328 e. The predicted octanol–water partition coefficient (Wildman–Crippen LogP) is 3.95. The van der Waals surface area contributed by atoms with Gasteiger partial charge in [-0.3, -0.25) is 24.0 Å². The quantitative estimate of drug-likeness (QED) is 0.0505. The average Bonchev–Trinajstić information content (AvgIpc) is 3.41. The van der Waals surface area contributed by atoms with E-state index in [9.17, 15) is 38.4 Å². The number of unbranched alkanes of at least 4 members (excludes halogenated alkanes) is 3. The van der Waals surface area contributed by atoms with E-state index in [4.69, 9.17) is 15.9 Å². The van der Waals surface area contributed by atoms with Gasteiger partial charge in [0.2, 0.25) is 11.8 Å². The number of primary amides is 1. The number of amides is 5. The molecule has 1 saturated carbocycles. The van der Waals surface area contributed by atoms with Gasteiger partial charge in [0, 0.05) is 74.4 Å². The first kappa shape index (κ1) is 42.6. The first-order valence-corrected chi connectivity index (χ1v) is 18.0. The van der Waals surface area contributed by atoms with E-state index >= 15 is 0 Å². The second kappa shape index (κ2) is 21.0. The highest BCUT2D eigenvalue weighted by Gasteiger charge is 2.49. The summed E-state index contributed by atoms with van der Waals surface area (Å²) in [6, 6.07) is 3.82. The van der Waals surface area contributed by atoms with Gasteiger partial charge in [-0.05, 0) is 73.9 Å². The molecule has 1 heterocycles. The van der Waals surface area contributed by atoms with Crippen molar-refractivity contribution < 1.29 is 48.6 Å². The molecule has 1 aromatic rings. The summed E-state index contributed by atoms with van der Waals surface area (Å²) in [5.41, 5.74) is 5.70. The molecule has 0 saturated heterocycles. The number of carboxylic acid groups (broad SMARTS) is 2. The largest absolute Gasteiger partial charge is 0.478 e. The van der Waals surface area contributed by atoms with Crippen LogP contribution in [0.1, 0.15) is 88.2 Å². The number of nitrogens with two attached hydrogens (primary N) is 1. The lowest BCUT2D eigenvalue weighted by Gasteiger charge is -2.39. The number of allylic oxidation sites excluding steroid dienone is 1. The molecule has 1 atom stereocenters. The Morgan fingerprint density at radius 3 is 2.20 bits per heavy atom. The van der Waals surface area contributed by atoms with Crippen LogP contribution in [0.4, 0.5) is 10.5 Å². The Balaban J connectivity index is 1.57. The standard InChI is InChI=1S/C39H49N5O10/c1-26-10-15-34(48)44(26)23-5-3-2-4-9-31(45)39(19-7-20-39)32(46)25-29(8-6-21-42-38(40)54)37(53)41-22-18-33(47)43-30-24-27(12-16-35(49)50)11-13-28(30)14-17-36(51)52/h10-17,24,29H,1-9,18-23,25H2,(H,41,53)(H,43,47)(H,49,50)(H,51,52)(H3,40,42,54)/b16-12+,17-14+/t29-/m0/s1. The lowest BCUT2D eigenvalue weighted by molar-refractivity contribution is -0.149. The molecule has 0 spiro atoms. The van der Waals surface area contributed by atoms with E-state index in [1.54, 1.807) is 17.0 Å². The fourth-order valence-corrected chi connectivity index (χ4v) is 6.36. The zero-order valence-corrected chi connectivity index (χ0v) is 30.3. The summed E-state index contributed by atoms with van der Waals surface area (Å²) < 4.78 is 0. The zero-order chi connectivity index (χ0) is 39.7. The van der Waals surface area contributed by atoms with Gasteiger partial charge in [0.25, 0.3) is 5.91 Å². The fraction of sp³-hybridized carbons (Fsp3) is 0.436. The minimum absolute atomic E-state index is 0.0861.